The Balaban J connectivity index is 1.70. The number of epoxide rings is 1. The first-order chi connectivity index (χ1) is 6.04. The fraction of sp³-hybridized carbons (Fsp3) is 1.00. The van der Waals surface area contributed by atoms with Crippen LogP contribution in [0.3, 0.4) is 0 Å². The van der Waals surface area contributed by atoms with Gasteiger partial charge in [0, 0.05) is 0 Å². The quantitative estimate of drug-likeness (QED) is 0.417. The monoisotopic (exact) mass is 238 g/mol. The molecule has 13 heavy (non-hydrogen) atoms. The topological polar surface area (TPSA) is 12.5 Å². The third-order valence-corrected chi connectivity index (χ3v) is 5.40. The van der Waals surface area contributed by atoms with Gasteiger partial charge in [-0.25, -0.2) is 0 Å². The fourth-order valence-electron chi connectivity index (χ4n) is 2.21. The molecule has 0 aromatic heterocycles. The summed E-state index contributed by atoms with van der Waals surface area (Å²) >= 11 is 12.1. The van der Waals surface area contributed by atoms with Crippen molar-refractivity contribution in [2.24, 2.45) is 5.92 Å². The number of halogens is 2. The van der Waals surface area contributed by atoms with Crippen molar-refractivity contribution in [2.45, 2.75) is 50.5 Å². The number of hydrogen-bond donors (Lipinski definition) is 0. The lowest BCUT2D eigenvalue weighted by Crippen LogP contribution is -2.18. The maximum absolute atomic E-state index is 6.07. The first-order valence-electron chi connectivity index (χ1n) is 5.08. The van der Waals surface area contributed by atoms with Crippen LogP contribution in [0.1, 0.15) is 25.7 Å². The minimum Gasteiger partial charge on any atom is -0.370 e. The van der Waals surface area contributed by atoms with Gasteiger partial charge in [0.2, 0.25) is 6.69 Å². The zero-order valence-electron chi connectivity index (χ0n) is 7.93. The van der Waals surface area contributed by atoms with E-state index in [0.717, 1.165) is 12.0 Å². The summed E-state index contributed by atoms with van der Waals surface area (Å²) in [4.78, 5) is 0. The summed E-state index contributed by atoms with van der Waals surface area (Å²) in [6, 6.07) is 1.04. The second-order valence-electron chi connectivity index (χ2n) is 4.50. The van der Waals surface area contributed by atoms with Crippen molar-refractivity contribution < 1.29 is 4.74 Å². The Kier molecular flexibility index (Phi) is 2.95. The minimum absolute atomic E-state index is 0.595. The summed E-state index contributed by atoms with van der Waals surface area (Å²) in [5.74, 6) is 0.827. The highest BCUT2D eigenvalue weighted by molar-refractivity contribution is 7.44. The molecular weight excluding hydrogens is 223 g/mol. The van der Waals surface area contributed by atoms with E-state index in [-0.39, 0.29) is 0 Å². The molecule has 0 amide bonds. The molecule has 1 heterocycles. The lowest BCUT2D eigenvalue weighted by atomic mass is 9.88. The lowest BCUT2D eigenvalue weighted by Gasteiger charge is -2.20. The number of hydrogen-bond acceptors (Lipinski definition) is 1. The molecule has 0 aromatic rings. The number of ether oxygens (including phenoxy) is 1. The maximum atomic E-state index is 6.07. The van der Waals surface area contributed by atoms with E-state index in [2.05, 4.69) is 0 Å². The molecule has 0 bridgehead atoms. The van der Waals surface area contributed by atoms with Crippen LogP contribution >= 0.6 is 22.2 Å². The van der Waals surface area contributed by atoms with Crippen LogP contribution < -0.4 is 0 Å². The van der Waals surface area contributed by atoms with Crippen molar-refractivity contribution in [3.8, 4) is 0 Å². The van der Waals surface area contributed by atoms with Crippen LogP contribution in [0, 0.1) is 5.92 Å². The molecule has 2 rings (SSSR count). The Hall–Kier alpha value is 0.757. The molecule has 3 unspecified atom stereocenters. The predicted octanol–water partition coefficient (Wildman–Crippen LogP) is 3.49. The van der Waals surface area contributed by atoms with Crippen molar-refractivity contribution in [3.63, 3.8) is 0 Å². The first-order valence-corrected chi connectivity index (χ1v) is 9.81. The van der Waals surface area contributed by atoms with Gasteiger partial charge >= 0.3 is 0 Å². The zero-order valence-corrected chi connectivity index (χ0v) is 10.4. The smallest absolute Gasteiger partial charge is 0.248 e. The predicted molar refractivity (Wildman–Crippen MR) is 58.8 cm³/mol. The van der Waals surface area contributed by atoms with E-state index in [1.54, 1.807) is 0 Å². The van der Waals surface area contributed by atoms with Gasteiger partial charge in [-0.05, 0) is 37.8 Å². The molecule has 2 fully saturated rings. The molecular formula is C9H16Cl2OSi. The van der Waals surface area contributed by atoms with Gasteiger partial charge in [-0.15, -0.1) is 22.2 Å². The van der Waals surface area contributed by atoms with Gasteiger partial charge in [0.1, 0.15) is 0 Å². The van der Waals surface area contributed by atoms with Crippen LogP contribution in [0.4, 0.5) is 0 Å². The zero-order chi connectivity index (χ0) is 9.47. The highest BCUT2D eigenvalue weighted by atomic mass is 35.7. The van der Waals surface area contributed by atoms with Gasteiger partial charge in [0.05, 0.1) is 12.2 Å². The molecule has 3 atom stereocenters. The molecule has 1 aliphatic carbocycles. The molecule has 76 valence electrons. The SMILES string of the molecule is C[Si](Cl)(Cl)CCC1CCC2OC2C1. The van der Waals surface area contributed by atoms with Crippen LogP contribution in [0.5, 0.6) is 0 Å². The summed E-state index contributed by atoms with van der Waals surface area (Å²) in [6.45, 7) is 0.163. The average Bonchev–Trinajstić information content (AvgIpc) is 2.76. The summed E-state index contributed by atoms with van der Waals surface area (Å²) in [7, 11) is 0. The van der Waals surface area contributed by atoms with Gasteiger partial charge in [0.25, 0.3) is 0 Å². The molecule has 0 radical (unpaired) electrons. The van der Waals surface area contributed by atoms with Crippen LogP contribution in [-0.2, 0) is 4.74 Å². The van der Waals surface area contributed by atoms with E-state index >= 15 is 0 Å². The first kappa shape index (κ1) is 10.3. The van der Waals surface area contributed by atoms with E-state index in [0.29, 0.717) is 12.2 Å². The second kappa shape index (κ2) is 3.73. The van der Waals surface area contributed by atoms with E-state index in [9.17, 15) is 0 Å². The van der Waals surface area contributed by atoms with Crippen molar-refractivity contribution in [3.05, 3.63) is 0 Å². The fourth-order valence-corrected chi connectivity index (χ4v) is 3.78. The van der Waals surface area contributed by atoms with E-state index in [1.165, 1.54) is 25.7 Å². The maximum Gasteiger partial charge on any atom is 0.248 e. The Morgan fingerprint density at radius 2 is 2.08 bits per heavy atom. The molecule has 2 aliphatic rings. The largest absolute Gasteiger partial charge is 0.370 e. The minimum atomic E-state index is -1.85. The van der Waals surface area contributed by atoms with E-state index in [4.69, 9.17) is 26.9 Å². The molecule has 4 heteroatoms. The summed E-state index contributed by atoms with van der Waals surface area (Å²) in [6.07, 6.45) is 6.26. The Labute approximate surface area is 90.2 Å². The molecule has 1 nitrogen and oxygen atoms in total. The molecule has 1 saturated heterocycles. The molecule has 0 aromatic carbocycles. The highest BCUT2D eigenvalue weighted by Gasteiger charge is 2.43. The third-order valence-electron chi connectivity index (χ3n) is 3.10. The van der Waals surface area contributed by atoms with E-state index < -0.39 is 6.69 Å². The second-order valence-corrected chi connectivity index (χ2v) is 12.7. The van der Waals surface area contributed by atoms with Crippen LogP contribution in [0.25, 0.3) is 0 Å². The third kappa shape index (κ3) is 3.12. The van der Waals surface area contributed by atoms with Crippen molar-refractivity contribution in [1.82, 2.24) is 0 Å². The van der Waals surface area contributed by atoms with Crippen molar-refractivity contribution in [1.29, 1.82) is 0 Å². The van der Waals surface area contributed by atoms with Gasteiger partial charge in [-0.3, -0.25) is 0 Å². The Morgan fingerprint density at radius 3 is 2.69 bits per heavy atom. The number of rotatable bonds is 3. The van der Waals surface area contributed by atoms with Gasteiger partial charge in [-0.1, -0.05) is 6.42 Å². The van der Waals surface area contributed by atoms with Crippen molar-refractivity contribution >= 4 is 28.9 Å². The van der Waals surface area contributed by atoms with E-state index in [1.807, 2.05) is 6.55 Å². The standard InChI is InChI=1S/C9H16Cl2OSi/c1-13(10,11)5-4-7-2-3-8-9(6-7)12-8/h7-9H,2-6H2,1H3. The summed E-state index contributed by atoms with van der Waals surface area (Å²) in [5.41, 5.74) is 0. The lowest BCUT2D eigenvalue weighted by molar-refractivity contribution is 0.357. The van der Waals surface area contributed by atoms with Gasteiger partial charge in [-0.2, -0.15) is 0 Å². The highest BCUT2D eigenvalue weighted by Crippen LogP contribution is 2.42. The average molecular weight is 239 g/mol. The molecule has 0 N–H and O–H groups in total. The Bertz CT molecular complexity index is 193. The molecule has 1 saturated carbocycles. The summed E-state index contributed by atoms with van der Waals surface area (Å²) in [5, 5.41) is 0. The van der Waals surface area contributed by atoms with Crippen LogP contribution in [0.15, 0.2) is 0 Å². The molecule has 1 aliphatic heterocycles. The van der Waals surface area contributed by atoms with Crippen LogP contribution in [0.2, 0.25) is 12.6 Å². The Morgan fingerprint density at radius 1 is 1.31 bits per heavy atom. The van der Waals surface area contributed by atoms with Gasteiger partial charge < -0.3 is 4.74 Å². The summed E-state index contributed by atoms with van der Waals surface area (Å²) < 4.78 is 5.49. The number of fused-ring (bicyclic) bond motifs is 1. The molecule has 0 spiro atoms. The normalized spacial score (nSPS) is 38.5. The van der Waals surface area contributed by atoms with Crippen molar-refractivity contribution in [2.75, 3.05) is 0 Å². The van der Waals surface area contributed by atoms with Gasteiger partial charge in [0.15, 0.2) is 0 Å². The van der Waals surface area contributed by atoms with Crippen LogP contribution in [-0.4, -0.2) is 18.9 Å².